The zero-order valence-electron chi connectivity index (χ0n) is 11.7. The third-order valence-corrected chi connectivity index (χ3v) is 3.98. The third kappa shape index (κ3) is 2.50. The van der Waals surface area contributed by atoms with Crippen LogP contribution in [0.25, 0.3) is 0 Å². The van der Waals surface area contributed by atoms with Crippen LogP contribution in [0.5, 0.6) is 0 Å². The molecule has 0 atom stereocenters. The monoisotopic (exact) mass is 255 g/mol. The van der Waals surface area contributed by atoms with Crippen LogP contribution in [0.2, 0.25) is 0 Å². The number of aryl methyl sites for hydroxylation is 3. The number of nitrogens with one attached hydrogen (secondary N) is 1. The third-order valence-electron chi connectivity index (χ3n) is 3.98. The van der Waals surface area contributed by atoms with E-state index in [1.54, 1.807) is 0 Å². The van der Waals surface area contributed by atoms with Gasteiger partial charge in [0, 0.05) is 31.0 Å². The van der Waals surface area contributed by atoms with Crippen LogP contribution in [0.4, 0.5) is 5.69 Å². The molecular weight excluding hydrogens is 234 g/mol. The first-order chi connectivity index (χ1) is 9.24. The van der Waals surface area contributed by atoms with E-state index in [1.807, 2.05) is 11.7 Å². The highest BCUT2D eigenvalue weighted by Crippen LogP contribution is 2.28. The van der Waals surface area contributed by atoms with Crippen LogP contribution >= 0.6 is 0 Å². The van der Waals surface area contributed by atoms with Crippen LogP contribution < -0.4 is 5.32 Å². The summed E-state index contributed by atoms with van der Waals surface area (Å²) in [6.45, 7) is 2.92. The fraction of sp³-hybridized carbons (Fsp3) is 0.438. The average molecular weight is 255 g/mol. The number of nitrogens with zero attached hydrogens (tertiary/aromatic N) is 2. The van der Waals surface area contributed by atoms with Crippen molar-refractivity contribution < 1.29 is 0 Å². The summed E-state index contributed by atoms with van der Waals surface area (Å²) in [5.74, 6) is 0. The molecule has 1 aromatic heterocycles. The summed E-state index contributed by atoms with van der Waals surface area (Å²) in [7, 11) is 1.97. The summed E-state index contributed by atoms with van der Waals surface area (Å²) in [6.07, 6.45) is 7.19. The predicted molar refractivity (Wildman–Crippen MR) is 78.4 cm³/mol. The Morgan fingerprint density at radius 1 is 1.26 bits per heavy atom. The molecule has 100 valence electrons. The largest absolute Gasteiger partial charge is 0.381 e. The molecule has 0 saturated heterocycles. The van der Waals surface area contributed by atoms with E-state index in [1.165, 1.54) is 48.1 Å². The lowest BCUT2D eigenvalue weighted by Crippen LogP contribution is -2.08. The lowest BCUT2D eigenvalue weighted by molar-refractivity contribution is 0.686. The SMILES string of the molecule is Cc1nn(C)cc1CNc1cccc2c1CCCC2. The standard InChI is InChI=1S/C16H21N3/c1-12-14(11-19(2)18-12)10-17-16-9-5-7-13-6-3-4-8-15(13)16/h5,7,9,11,17H,3-4,6,8,10H2,1-2H3. The van der Waals surface area contributed by atoms with Gasteiger partial charge in [-0.2, -0.15) is 5.10 Å². The van der Waals surface area contributed by atoms with Crippen LogP contribution in [0.3, 0.4) is 0 Å². The summed E-state index contributed by atoms with van der Waals surface area (Å²) in [6, 6.07) is 6.65. The topological polar surface area (TPSA) is 29.9 Å². The van der Waals surface area contributed by atoms with E-state index >= 15 is 0 Å². The molecule has 1 aromatic carbocycles. The summed E-state index contributed by atoms with van der Waals surface area (Å²) in [5.41, 5.74) is 6.74. The fourth-order valence-electron chi connectivity index (χ4n) is 2.96. The highest BCUT2D eigenvalue weighted by Gasteiger charge is 2.13. The van der Waals surface area contributed by atoms with Gasteiger partial charge in [-0.3, -0.25) is 4.68 Å². The molecule has 2 aromatic rings. The highest BCUT2D eigenvalue weighted by atomic mass is 15.2. The van der Waals surface area contributed by atoms with Crippen LogP contribution in [-0.2, 0) is 26.4 Å². The molecule has 0 amide bonds. The maximum atomic E-state index is 4.39. The summed E-state index contributed by atoms with van der Waals surface area (Å²) < 4.78 is 1.88. The smallest absolute Gasteiger partial charge is 0.0643 e. The van der Waals surface area contributed by atoms with E-state index in [0.717, 1.165) is 12.2 Å². The molecule has 1 aliphatic rings. The first-order valence-corrected chi connectivity index (χ1v) is 7.08. The number of aromatic nitrogens is 2. The Balaban J connectivity index is 1.78. The zero-order valence-corrected chi connectivity index (χ0v) is 11.7. The maximum Gasteiger partial charge on any atom is 0.0643 e. The van der Waals surface area contributed by atoms with E-state index in [-0.39, 0.29) is 0 Å². The molecule has 1 N–H and O–H groups in total. The summed E-state index contributed by atoms with van der Waals surface area (Å²) in [4.78, 5) is 0. The van der Waals surface area contributed by atoms with E-state index in [2.05, 4.69) is 41.7 Å². The molecule has 0 unspecified atom stereocenters. The zero-order chi connectivity index (χ0) is 13.2. The molecule has 0 saturated carbocycles. The maximum absolute atomic E-state index is 4.39. The average Bonchev–Trinajstić information content (AvgIpc) is 2.74. The number of fused-ring (bicyclic) bond motifs is 1. The van der Waals surface area contributed by atoms with Crippen molar-refractivity contribution in [3.05, 3.63) is 46.8 Å². The van der Waals surface area contributed by atoms with Crippen molar-refractivity contribution in [2.24, 2.45) is 7.05 Å². The minimum Gasteiger partial charge on any atom is -0.381 e. The Bertz CT molecular complexity index is 584. The number of hydrogen-bond acceptors (Lipinski definition) is 2. The van der Waals surface area contributed by atoms with Gasteiger partial charge in [-0.1, -0.05) is 12.1 Å². The van der Waals surface area contributed by atoms with E-state index in [0.29, 0.717) is 0 Å². The van der Waals surface area contributed by atoms with Crippen molar-refractivity contribution in [3.63, 3.8) is 0 Å². The summed E-state index contributed by atoms with van der Waals surface area (Å²) >= 11 is 0. The molecule has 0 fully saturated rings. The van der Waals surface area contributed by atoms with E-state index in [9.17, 15) is 0 Å². The van der Waals surface area contributed by atoms with Gasteiger partial charge in [0.25, 0.3) is 0 Å². The number of anilines is 1. The predicted octanol–water partition coefficient (Wildman–Crippen LogP) is 3.22. The minimum absolute atomic E-state index is 0.857. The van der Waals surface area contributed by atoms with Gasteiger partial charge in [0.15, 0.2) is 0 Å². The molecule has 0 aliphatic heterocycles. The van der Waals surface area contributed by atoms with Crippen molar-refractivity contribution in [1.82, 2.24) is 9.78 Å². The van der Waals surface area contributed by atoms with Crippen LogP contribution in [-0.4, -0.2) is 9.78 Å². The van der Waals surface area contributed by atoms with Crippen molar-refractivity contribution >= 4 is 5.69 Å². The molecule has 3 rings (SSSR count). The van der Waals surface area contributed by atoms with Gasteiger partial charge in [0.05, 0.1) is 5.69 Å². The second-order valence-electron chi connectivity index (χ2n) is 5.42. The quantitative estimate of drug-likeness (QED) is 0.912. The Hall–Kier alpha value is -1.77. The van der Waals surface area contributed by atoms with Gasteiger partial charge in [-0.15, -0.1) is 0 Å². The lowest BCUT2D eigenvalue weighted by Gasteiger charge is -2.20. The van der Waals surface area contributed by atoms with Crippen molar-refractivity contribution in [1.29, 1.82) is 0 Å². The molecule has 1 heterocycles. The van der Waals surface area contributed by atoms with Crippen LogP contribution in [0.15, 0.2) is 24.4 Å². The molecule has 3 heteroatoms. The van der Waals surface area contributed by atoms with Gasteiger partial charge in [-0.05, 0) is 49.8 Å². The highest BCUT2D eigenvalue weighted by molar-refractivity contribution is 5.55. The second kappa shape index (κ2) is 5.08. The Morgan fingerprint density at radius 3 is 2.89 bits per heavy atom. The molecule has 1 aliphatic carbocycles. The first kappa shape index (κ1) is 12.3. The van der Waals surface area contributed by atoms with E-state index in [4.69, 9.17) is 0 Å². The van der Waals surface area contributed by atoms with Gasteiger partial charge in [0.1, 0.15) is 0 Å². The summed E-state index contributed by atoms with van der Waals surface area (Å²) in [5, 5.41) is 7.98. The van der Waals surface area contributed by atoms with Gasteiger partial charge in [0.2, 0.25) is 0 Å². The molecule has 0 spiro atoms. The second-order valence-corrected chi connectivity index (χ2v) is 5.42. The Kier molecular flexibility index (Phi) is 3.28. The van der Waals surface area contributed by atoms with E-state index < -0.39 is 0 Å². The first-order valence-electron chi connectivity index (χ1n) is 7.08. The lowest BCUT2D eigenvalue weighted by atomic mass is 9.90. The minimum atomic E-state index is 0.857. The van der Waals surface area contributed by atoms with Gasteiger partial charge < -0.3 is 5.32 Å². The number of benzene rings is 1. The van der Waals surface area contributed by atoms with Gasteiger partial charge in [-0.25, -0.2) is 0 Å². The molecular formula is C16H21N3. The van der Waals surface area contributed by atoms with Crippen LogP contribution in [0, 0.1) is 6.92 Å². The molecule has 19 heavy (non-hydrogen) atoms. The van der Waals surface area contributed by atoms with Crippen molar-refractivity contribution in [2.45, 2.75) is 39.2 Å². The fourth-order valence-corrected chi connectivity index (χ4v) is 2.96. The van der Waals surface area contributed by atoms with Crippen LogP contribution in [0.1, 0.15) is 35.2 Å². The van der Waals surface area contributed by atoms with Crippen molar-refractivity contribution in [3.8, 4) is 0 Å². The van der Waals surface area contributed by atoms with Gasteiger partial charge >= 0.3 is 0 Å². The number of hydrogen-bond donors (Lipinski definition) is 1. The normalized spacial score (nSPS) is 14.2. The Morgan fingerprint density at radius 2 is 2.11 bits per heavy atom. The molecule has 0 bridgehead atoms. The number of rotatable bonds is 3. The molecule has 3 nitrogen and oxygen atoms in total. The van der Waals surface area contributed by atoms with Crippen molar-refractivity contribution in [2.75, 3.05) is 5.32 Å². The molecule has 0 radical (unpaired) electrons. The Labute approximate surface area is 114 Å².